The van der Waals surface area contributed by atoms with E-state index in [1.54, 1.807) is 35.6 Å². The van der Waals surface area contributed by atoms with E-state index >= 15 is 0 Å². The van der Waals surface area contributed by atoms with E-state index in [1.807, 2.05) is 37.3 Å². The Balaban J connectivity index is 1.57. The summed E-state index contributed by atoms with van der Waals surface area (Å²) in [5.74, 6) is -0.565. The van der Waals surface area contributed by atoms with Gasteiger partial charge in [-0.1, -0.05) is 36.9 Å². The van der Waals surface area contributed by atoms with E-state index in [2.05, 4.69) is 16.6 Å². The van der Waals surface area contributed by atoms with Crippen LogP contribution in [0, 0.1) is 5.82 Å². The highest BCUT2D eigenvalue weighted by atomic mass is 19.1. The summed E-state index contributed by atoms with van der Waals surface area (Å²) >= 11 is 0. The van der Waals surface area contributed by atoms with Crippen LogP contribution in [0.15, 0.2) is 84.3 Å². The predicted molar refractivity (Wildman–Crippen MR) is 114 cm³/mol. The summed E-state index contributed by atoms with van der Waals surface area (Å²) in [6.07, 6.45) is 6.86. The van der Waals surface area contributed by atoms with Gasteiger partial charge < -0.3 is 4.90 Å². The standard InChI is InChI=1S/C24H20FN3O/c1-3-9-27-23-16(2)14-28(24(23)29)15-20-7-6-19(12-22(20)25)18-5-4-17-8-10-26-13-21(17)11-18/h3-13H,2,14-15H2,1H3/b9-3-,27-23?. The topological polar surface area (TPSA) is 45.6 Å². The molecule has 0 spiro atoms. The molecule has 2 heterocycles. The zero-order chi connectivity index (χ0) is 20.4. The molecule has 0 radical (unpaired) electrons. The molecular weight excluding hydrogens is 365 g/mol. The number of rotatable bonds is 4. The molecule has 1 fully saturated rings. The maximum Gasteiger partial charge on any atom is 0.273 e. The monoisotopic (exact) mass is 385 g/mol. The lowest BCUT2D eigenvalue weighted by Gasteiger charge is -2.16. The first kappa shape index (κ1) is 18.7. The molecule has 29 heavy (non-hydrogen) atoms. The minimum atomic E-state index is -0.342. The van der Waals surface area contributed by atoms with Gasteiger partial charge in [0.25, 0.3) is 5.91 Å². The normalized spacial score (nSPS) is 15.9. The van der Waals surface area contributed by atoms with Crippen molar-refractivity contribution in [3.8, 4) is 11.1 Å². The number of halogens is 1. The zero-order valence-electron chi connectivity index (χ0n) is 16.1. The Hall–Kier alpha value is -3.60. The molecule has 1 aromatic heterocycles. The van der Waals surface area contributed by atoms with Gasteiger partial charge in [0.15, 0.2) is 0 Å². The van der Waals surface area contributed by atoms with Gasteiger partial charge >= 0.3 is 0 Å². The minimum absolute atomic E-state index is 0.181. The molecule has 5 heteroatoms. The summed E-state index contributed by atoms with van der Waals surface area (Å²) in [6, 6.07) is 13.0. The van der Waals surface area contributed by atoms with Crippen molar-refractivity contribution >= 4 is 22.4 Å². The van der Waals surface area contributed by atoms with Gasteiger partial charge in [0.05, 0.1) is 0 Å². The maximum atomic E-state index is 14.8. The predicted octanol–water partition coefficient (Wildman–Crippen LogP) is 4.91. The second kappa shape index (κ2) is 7.80. The molecular formula is C24H20FN3O. The van der Waals surface area contributed by atoms with Crippen LogP contribution in [0.25, 0.3) is 21.9 Å². The highest BCUT2D eigenvalue weighted by Crippen LogP contribution is 2.27. The van der Waals surface area contributed by atoms with Crippen LogP contribution in [0.4, 0.5) is 4.39 Å². The summed E-state index contributed by atoms with van der Waals surface area (Å²) in [7, 11) is 0. The zero-order valence-corrected chi connectivity index (χ0v) is 16.1. The molecule has 1 amide bonds. The van der Waals surface area contributed by atoms with Gasteiger partial charge in [-0.2, -0.15) is 0 Å². The Morgan fingerprint density at radius 2 is 1.97 bits per heavy atom. The van der Waals surface area contributed by atoms with Gasteiger partial charge in [-0.25, -0.2) is 4.39 Å². The summed E-state index contributed by atoms with van der Waals surface area (Å²) in [6.45, 7) is 6.27. The molecule has 1 aliphatic heterocycles. The number of aliphatic imine (C=N–C) groups is 1. The molecule has 144 valence electrons. The number of nitrogens with zero attached hydrogens (tertiary/aromatic N) is 3. The molecule has 0 N–H and O–H groups in total. The van der Waals surface area contributed by atoms with E-state index in [1.165, 1.54) is 6.07 Å². The fourth-order valence-corrected chi connectivity index (χ4v) is 3.43. The van der Waals surface area contributed by atoms with Gasteiger partial charge in [0.1, 0.15) is 11.5 Å². The number of likely N-dealkylation sites (tertiary alicyclic amines) is 1. The van der Waals surface area contributed by atoms with E-state index in [0.29, 0.717) is 23.4 Å². The lowest BCUT2D eigenvalue weighted by Crippen LogP contribution is -2.27. The highest BCUT2D eigenvalue weighted by molar-refractivity contribution is 6.47. The van der Waals surface area contributed by atoms with Crippen LogP contribution in [0.3, 0.4) is 0 Å². The van der Waals surface area contributed by atoms with E-state index in [9.17, 15) is 9.18 Å². The van der Waals surface area contributed by atoms with Gasteiger partial charge in [-0.15, -0.1) is 0 Å². The third-order valence-corrected chi connectivity index (χ3v) is 4.95. The molecule has 3 aromatic rings. The summed E-state index contributed by atoms with van der Waals surface area (Å²) in [5, 5.41) is 2.09. The number of benzene rings is 2. The van der Waals surface area contributed by atoms with E-state index in [4.69, 9.17) is 0 Å². The van der Waals surface area contributed by atoms with Crippen molar-refractivity contribution in [1.82, 2.24) is 9.88 Å². The summed E-state index contributed by atoms with van der Waals surface area (Å²) in [5.41, 5.74) is 3.15. The van der Waals surface area contributed by atoms with Gasteiger partial charge in [-0.05, 0) is 47.2 Å². The largest absolute Gasteiger partial charge is 0.328 e. The second-order valence-electron chi connectivity index (χ2n) is 6.97. The maximum absolute atomic E-state index is 14.8. The lowest BCUT2D eigenvalue weighted by molar-refractivity contribution is -0.123. The average molecular weight is 385 g/mol. The fourth-order valence-electron chi connectivity index (χ4n) is 3.43. The van der Waals surface area contributed by atoms with Crippen LogP contribution >= 0.6 is 0 Å². The number of pyridine rings is 1. The van der Waals surface area contributed by atoms with Crippen molar-refractivity contribution in [2.75, 3.05) is 6.54 Å². The third-order valence-electron chi connectivity index (χ3n) is 4.95. The molecule has 0 saturated carbocycles. The van der Waals surface area contributed by atoms with Crippen LogP contribution in [0.1, 0.15) is 12.5 Å². The Morgan fingerprint density at radius 3 is 2.76 bits per heavy atom. The Bertz CT molecular complexity index is 1180. The van der Waals surface area contributed by atoms with Crippen LogP contribution in [0.2, 0.25) is 0 Å². The van der Waals surface area contributed by atoms with Gasteiger partial charge in [-0.3, -0.25) is 14.8 Å². The lowest BCUT2D eigenvalue weighted by atomic mass is 10.0. The van der Waals surface area contributed by atoms with E-state index in [0.717, 1.165) is 21.9 Å². The summed E-state index contributed by atoms with van der Waals surface area (Å²) < 4.78 is 14.8. The van der Waals surface area contributed by atoms with Gasteiger partial charge in [0, 0.05) is 42.6 Å². The van der Waals surface area contributed by atoms with Crippen molar-refractivity contribution in [2.45, 2.75) is 13.5 Å². The molecule has 1 aliphatic rings. The number of fused-ring (bicyclic) bond motifs is 1. The first-order chi connectivity index (χ1) is 14.1. The van der Waals surface area contributed by atoms with Crippen LogP contribution < -0.4 is 0 Å². The molecule has 4 nitrogen and oxygen atoms in total. The third kappa shape index (κ3) is 3.72. The Kier molecular flexibility index (Phi) is 5.04. The van der Waals surface area contributed by atoms with Crippen molar-refractivity contribution < 1.29 is 9.18 Å². The molecule has 4 rings (SSSR count). The first-order valence-corrected chi connectivity index (χ1v) is 9.36. The number of carbonyl (C=O) groups excluding carboxylic acids is 1. The number of carbonyl (C=O) groups is 1. The Labute approximate surface area is 168 Å². The molecule has 1 saturated heterocycles. The average Bonchev–Trinajstić information content (AvgIpc) is 3.00. The number of aromatic nitrogens is 1. The van der Waals surface area contributed by atoms with E-state index in [-0.39, 0.29) is 18.3 Å². The van der Waals surface area contributed by atoms with Crippen molar-refractivity contribution in [2.24, 2.45) is 4.99 Å². The van der Waals surface area contributed by atoms with Crippen LogP contribution in [-0.4, -0.2) is 28.0 Å². The SMILES string of the molecule is C=C1CN(Cc2ccc(-c3ccc4ccncc4c3)cc2F)C(=O)C1=N/C=C\C. The second-order valence-corrected chi connectivity index (χ2v) is 6.97. The number of hydrogen-bond donors (Lipinski definition) is 0. The number of allylic oxidation sites excluding steroid dienone is 1. The van der Waals surface area contributed by atoms with Crippen molar-refractivity contribution in [3.05, 3.63) is 90.7 Å². The Morgan fingerprint density at radius 1 is 1.17 bits per heavy atom. The molecule has 0 bridgehead atoms. The van der Waals surface area contributed by atoms with Crippen LogP contribution in [0.5, 0.6) is 0 Å². The smallest absolute Gasteiger partial charge is 0.273 e. The highest BCUT2D eigenvalue weighted by Gasteiger charge is 2.31. The fraction of sp³-hybridized carbons (Fsp3) is 0.125. The van der Waals surface area contributed by atoms with Crippen molar-refractivity contribution in [1.29, 1.82) is 0 Å². The quantitative estimate of drug-likeness (QED) is 0.640. The molecule has 0 atom stereocenters. The molecule has 2 aromatic carbocycles. The molecule has 0 aliphatic carbocycles. The van der Waals surface area contributed by atoms with Crippen LogP contribution in [-0.2, 0) is 11.3 Å². The first-order valence-electron chi connectivity index (χ1n) is 9.36. The summed E-state index contributed by atoms with van der Waals surface area (Å²) in [4.78, 5) is 22.4. The molecule has 0 unspecified atom stereocenters. The minimum Gasteiger partial charge on any atom is -0.328 e. The van der Waals surface area contributed by atoms with Crippen molar-refractivity contribution in [3.63, 3.8) is 0 Å². The number of amides is 1. The number of hydrogen-bond acceptors (Lipinski definition) is 3. The van der Waals surface area contributed by atoms with Gasteiger partial charge in [0.2, 0.25) is 0 Å². The van der Waals surface area contributed by atoms with E-state index < -0.39 is 0 Å².